The summed E-state index contributed by atoms with van der Waals surface area (Å²) in [6.45, 7) is 2.27. The first-order valence-corrected chi connectivity index (χ1v) is 12.9. The minimum absolute atomic E-state index is 0.0946. The largest absolute Gasteiger partial charge is 0.480 e. The molecule has 0 spiro atoms. The first-order valence-electron chi connectivity index (χ1n) is 12.9. The highest BCUT2D eigenvalue weighted by molar-refractivity contribution is 5.84. The Kier molecular flexibility index (Phi) is 9.16. The predicted molar refractivity (Wildman–Crippen MR) is 146 cm³/mol. The van der Waals surface area contributed by atoms with Crippen LogP contribution in [-0.4, -0.2) is 45.8 Å². The first kappa shape index (κ1) is 26.9. The van der Waals surface area contributed by atoms with Crippen molar-refractivity contribution in [1.29, 1.82) is 0 Å². The fourth-order valence-corrected chi connectivity index (χ4v) is 4.50. The number of carbonyl (C=O) groups is 2. The molecule has 4 rings (SSSR count). The van der Waals surface area contributed by atoms with Gasteiger partial charge in [0.05, 0.1) is 24.2 Å². The zero-order chi connectivity index (χ0) is 26.9. The van der Waals surface area contributed by atoms with Crippen molar-refractivity contribution in [2.75, 3.05) is 18.9 Å². The smallest absolute Gasteiger partial charge is 0.328 e. The highest BCUT2D eigenvalue weighted by atomic mass is 16.5. The van der Waals surface area contributed by atoms with E-state index in [0.29, 0.717) is 31.1 Å². The molecule has 0 saturated heterocycles. The van der Waals surface area contributed by atoms with Crippen LogP contribution in [0.1, 0.15) is 45.1 Å². The summed E-state index contributed by atoms with van der Waals surface area (Å²) in [5, 5.41) is 12.2. The van der Waals surface area contributed by atoms with Crippen molar-refractivity contribution in [2.45, 2.75) is 51.1 Å². The van der Waals surface area contributed by atoms with E-state index in [1.54, 1.807) is 0 Å². The minimum atomic E-state index is -1.13. The van der Waals surface area contributed by atoms with Crippen molar-refractivity contribution in [3.63, 3.8) is 0 Å². The Labute approximate surface area is 221 Å². The van der Waals surface area contributed by atoms with E-state index >= 15 is 0 Å². The summed E-state index contributed by atoms with van der Waals surface area (Å²) < 4.78 is 13.5. The van der Waals surface area contributed by atoms with E-state index in [-0.39, 0.29) is 25.0 Å². The van der Waals surface area contributed by atoms with Crippen LogP contribution in [0.2, 0.25) is 0 Å². The van der Waals surface area contributed by atoms with E-state index in [9.17, 15) is 14.7 Å². The van der Waals surface area contributed by atoms with E-state index in [2.05, 4.69) is 16.4 Å². The van der Waals surface area contributed by atoms with Crippen LogP contribution in [0.5, 0.6) is 11.5 Å². The normalized spacial score (nSPS) is 14.6. The van der Waals surface area contributed by atoms with E-state index < -0.39 is 12.0 Å². The van der Waals surface area contributed by atoms with Gasteiger partial charge < -0.3 is 30.2 Å². The number of aliphatic carboxylic acids is 1. The lowest BCUT2D eigenvalue weighted by molar-refractivity contribution is -0.143. The summed E-state index contributed by atoms with van der Waals surface area (Å²) in [5.41, 5.74) is 8.94. The molecule has 1 aliphatic carbocycles. The first-order chi connectivity index (χ1) is 18.4. The Bertz CT molecular complexity index is 1320. The molecule has 3 aromatic rings. The molecule has 0 bridgehead atoms. The van der Waals surface area contributed by atoms with E-state index in [4.69, 9.17) is 15.2 Å². The second-order valence-electron chi connectivity index (χ2n) is 9.27. The van der Waals surface area contributed by atoms with E-state index in [1.807, 2.05) is 72.2 Å². The highest BCUT2D eigenvalue weighted by Crippen LogP contribution is 2.31. The van der Waals surface area contributed by atoms with Crippen molar-refractivity contribution < 1.29 is 24.2 Å². The summed E-state index contributed by atoms with van der Waals surface area (Å²) in [4.78, 5) is 28.9. The summed E-state index contributed by atoms with van der Waals surface area (Å²) in [6, 6.07) is 13.9. The van der Waals surface area contributed by atoms with Crippen LogP contribution in [0.25, 0.3) is 11.0 Å². The van der Waals surface area contributed by atoms with Crippen molar-refractivity contribution in [1.82, 2.24) is 14.9 Å². The Morgan fingerprint density at radius 3 is 2.71 bits per heavy atom. The van der Waals surface area contributed by atoms with Crippen molar-refractivity contribution >= 4 is 28.9 Å². The highest BCUT2D eigenvalue weighted by Gasteiger charge is 2.23. The third kappa shape index (κ3) is 7.01. The molecule has 4 N–H and O–H groups in total. The quantitative estimate of drug-likeness (QED) is 0.290. The topological polar surface area (TPSA) is 129 Å². The molecule has 1 heterocycles. The van der Waals surface area contributed by atoms with Gasteiger partial charge in [-0.05, 0) is 55.5 Å². The van der Waals surface area contributed by atoms with Crippen LogP contribution in [-0.2, 0) is 14.3 Å². The number of para-hydroxylation sites is 1. The lowest BCUT2D eigenvalue weighted by Crippen LogP contribution is -2.44. The van der Waals surface area contributed by atoms with Crippen LogP contribution in [0.3, 0.4) is 0 Å². The molecule has 2 aromatic carbocycles. The van der Waals surface area contributed by atoms with Crippen molar-refractivity contribution in [3.8, 4) is 11.5 Å². The zero-order valence-electron chi connectivity index (χ0n) is 21.5. The Morgan fingerprint density at radius 2 is 2.00 bits per heavy atom. The van der Waals surface area contributed by atoms with Gasteiger partial charge in [-0.2, -0.15) is 0 Å². The number of hydrogen-bond acceptors (Lipinski definition) is 6. The molecule has 0 fully saturated rings. The van der Waals surface area contributed by atoms with Gasteiger partial charge in [0.25, 0.3) is 0 Å². The van der Waals surface area contributed by atoms with Gasteiger partial charge >= 0.3 is 5.97 Å². The number of nitrogen functional groups attached to an aromatic ring is 1. The number of ether oxygens (including phenoxy) is 2. The molecule has 0 saturated carbocycles. The molecule has 1 aliphatic rings. The minimum Gasteiger partial charge on any atom is -0.480 e. The molecule has 38 heavy (non-hydrogen) atoms. The van der Waals surface area contributed by atoms with Gasteiger partial charge in [-0.3, -0.25) is 4.79 Å². The number of rotatable bonds is 13. The number of aromatic nitrogens is 2. The molecule has 9 heteroatoms. The van der Waals surface area contributed by atoms with Crippen LogP contribution < -0.4 is 15.8 Å². The maximum atomic E-state index is 12.7. The summed E-state index contributed by atoms with van der Waals surface area (Å²) in [5.74, 6) is 0.252. The summed E-state index contributed by atoms with van der Waals surface area (Å²) >= 11 is 0. The maximum Gasteiger partial charge on any atom is 0.328 e. The average Bonchev–Trinajstić information content (AvgIpc) is 3.24. The standard InChI is InChI=1S/C29H34N4O5/c1-2-21(13-16-27(34)31-25(28(35)36)19-37-18-20-9-5-3-6-10-20)33-26-17-23(14-15-24(26)32-29(33)30)38-22-11-7-4-8-12-22/h3-5,7-9,11-12,14-15,17,21,25H,2,6,10,13,16,18-19H2,1H3,(H2,30,32)(H,31,34)(H,35,36)/t21-,25+/m1/s1. The van der Waals surface area contributed by atoms with Crippen molar-refractivity contribution in [2.24, 2.45) is 0 Å². The van der Waals surface area contributed by atoms with E-state index in [1.165, 1.54) is 0 Å². The van der Waals surface area contributed by atoms with Gasteiger partial charge in [0.1, 0.15) is 11.5 Å². The van der Waals surface area contributed by atoms with Gasteiger partial charge in [0.15, 0.2) is 6.04 Å². The second kappa shape index (κ2) is 12.9. The Morgan fingerprint density at radius 1 is 1.18 bits per heavy atom. The number of nitrogens with two attached hydrogens (primary N) is 1. The van der Waals surface area contributed by atoms with Crippen LogP contribution in [0, 0.1) is 0 Å². The number of fused-ring (bicyclic) bond motifs is 1. The molecule has 0 unspecified atom stereocenters. The maximum absolute atomic E-state index is 12.7. The van der Waals surface area contributed by atoms with Crippen molar-refractivity contribution in [3.05, 3.63) is 72.3 Å². The molecule has 200 valence electrons. The molecule has 1 amide bonds. The van der Waals surface area contributed by atoms with Gasteiger partial charge in [-0.25, -0.2) is 9.78 Å². The van der Waals surface area contributed by atoms with Crippen LogP contribution >= 0.6 is 0 Å². The number of benzene rings is 2. The fourth-order valence-electron chi connectivity index (χ4n) is 4.50. The van der Waals surface area contributed by atoms with E-state index in [0.717, 1.165) is 35.2 Å². The van der Waals surface area contributed by atoms with Crippen LogP contribution in [0.4, 0.5) is 5.95 Å². The number of nitrogens with one attached hydrogen (secondary N) is 1. The van der Waals surface area contributed by atoms with Crippen LogP contribution in [0.15, 0.2) is 72.3 Å². The Balaban J connectivity index is 1.38. The monoisotopic (exact) mass is 518 g/mol. The van der Waals surface area contributed by atoms with Gasteiger partial charge in [0.2, 0.25) is 11.9 Å². The Hall–Kier alpha value is -4.11. The third-order valence-corrected chi connectivity index (χ3v) is 6.51. The predicted octanol–water partition coefficient (Wildman–Crippen LogP) is 5.00. The fraction of sp³-hybridized carbons (Fsp3) is 0.345. The lowest BCUT2D eigenvalue weighted by atomic mass is 10.1. The number of carboxylic acids is 1. The molecule has 9 nitrogen and oxygen atoms in total. The molecular weight excluding hydrogens is 484 g/mol. The number of imidazole rings is 1. The van der Waals surface area contributed by atoms with Gasteiger partial charge in [-0.15, -0.1) is 0 Å². The molecule has 1 aromatic heterocycles. The second-order valence-corrected chi connectivity index (χ2v) is 9.27. The number of nitrogens with zero attached hydrogens (tertiary/aromatic N) is 2. The van der Waals surface area contributed by atoms with Gasteiger partial charge in [-0.1, -0.05) is 43.4 Å². The summed E-state index contributed by atoms with van der Waals surface area (Å²) in [7, 11) is 0. The number of hydrogen-bond donors (Lipinski definition) is 3. The average molecular weight is 519 g/mol. The number of carboxylic acid groups (broad SMARTS) is 1. The molecule has 0 radical (unpaired) electrons. The zero-order valence-corrected chi connectivity index (χ0v) is 21.5. The number of anilines is 1. The number of carbonyl (C=O) groups excluding carboxylic acids is 1. The SMILES string of the molecule is CC[C@H](CCC(=O)N[C@@H](COCC1=CC=CCC1)C(=O)O)n1c(N)nc2ccc(Oc3ccccc3)cc21. The lowest BCUT2D eigenvalue weighted by Gasteiger charge is -2.20. The summed E-state index contributed by atoms with van der Waals surface area (Å²) in [6.07, 6.45) is 9.18. The van der Waals surface area contributed by atoms with Gasteiger partial charge in [0, 0.05) is 18.5 Å². The number of allylic oxidation sites excluding steroid dienone is 3. The number of amides is 1. The molecule has 0 aliphatic heterocycles. The molecular formula is C29H34N4O5. The third-order valence-electron chi connectivity index (χ3n) is 6.51. The molecule has 2 atom stereocenters.